The van der Waals surface area contributed by atoms with E-state index in [0.29, 0.717) is 0 Å². The Labute approximate surface area is 110 Å². The molecule has 2 rings (SSSR count). The van der Waals surface area contributed by atoms with Gasteiger partial charge in [0.05, 0.1) is 6.04 Å². The van der Waals surface area contributed by atoms with Crippen LogP contribution in [0.2, 0.25) is 0 Å². The molecule has 1 heterocycles. The van der Waals surface area contributed by atoms with Crippen molar-refractivity contribution >= 4 is 15.9 Å². The highest BCUT2D eigenvalue weighted by Gasteiger charge is 2.17. The summed E-state index contributed by atoms with van der Waals surface area (Å²) in [5.74, 6) is 1.80. The van der Waals surface area contributed by atoms with E-state index in [2.05, 4.69) is 35.0 Å². The minimum absolute atomic E-state index is 0.134. The molecule has 0 radical (unpaired) electrons. The molecule has 0 spiro atoms. The normalized spacial score (nSPS) is 12.8. The van der Waals surface area contributed by atoms with Crippen LogP contribution in [0.25, 0.3) is 0 Å². The van der Waals surface area contributed by atoms with Crippen LogP contribution < -0.4 is 5.73 Å². The second-order valence-corrected chi connectivity index (χ2v) is 5.26. The lowest BCUT2D eigenvalue weighted by molar-refractivity contribution is 0.499. The van der Waals surface area contributed by atoms with Crippen molar-refractivity contribution in [1.29, 1.82) is 0 Å². The monoisotopic (exact) mass is 293 g/mol. The number of rotatable bonds is 2. The summed E-state index contributed by atoms with van der Waals surface area (Å²) in [7, 11) is 0. The molecule has 1 atom stereocenters. The summed E-state index contributed by atoms with van der Waals surface area (Å²) in [5.41, 5.74) is 9.70. The molecule has 3 heteroatoms. The van der Waals surface area contributed by atoms with Crippen LogP contribution in [0.5, 0.6) is 0 Å². The summed E-state index contributed by atoms with van der Waals surface area (Å²) in [4.78, 5) is 0. The highest BCUT2D eigenvalue weighted by Crippen LogP contribution is 2.29. The number of hydrogen-bond donors (Lipinski definition) is 1. The molecule has 2 nitrogen and oxygen atoms in total. The quantitative estimate of drug-likeness (QED) is 0.908. The van der Waals surface area contributed by atoms with E-state index in [1.54, 1.807) is 0 Å². The van der Waals surface area contributed by atoms with E-state index >= 15 is 0 Å². The summed E-state index contributed by atoms with van der Waals surface area (Å²) in [6, 6.07) is 8.05. The fraction of sp³-hybridized carbons (Fsp3) is 0.286. The van der Waals surface area contributed by atoms with Crippen molar-refractivity contribution in [1.82, 2.24) is 0 Å². The standard InChI is InChI=1S/C14H16BrNO/c1-8-4-5-11(15)7-12(8)14(16)13-6-9(2)17-10(13)3/h4-7,14H,16H2,1-3H3. The van der Waals surface area contributed by atoms with E-state index in [4.69, 9.17) is 10.2 Å². The Balaban J connectivity index is 2.46. The van der Waals surface area contributed by atoms with Gasteiger partial charge in [0.25, 0.3) is 0 Å². The van der Waals surface area contributed by atoms with Gasteiger partial charge < -0.3 is 10.2 Å². The Morgan fingerprint density at radius 1 is 1.12 bits per heavy atom. The third-order valence-corrected chi connectivity index (χ3v) is 3.48. The van der Waals surface area contributed by atoms with Gasteiger partial charge in [-0.05, 0) is 50.1 Å². The first-order chi connectivity index (χ1) is 7.99. The van der Waals surface area contributed by atoms with Gasteiger partial charge >= 0.3 is 0 Å². The fourth-order valence-corrected chi connectivity index (χ4v) is 2.45. The molecule has 0 fully saturated rings. The van der Waals surface area contributed by atoms with Crippen molar-refractivity contribution in [3.63, 3.8) is 0 Å². The van der Waals surface area contributed by atoms with Crippen LogP contribution >= 0.6 is 15.9 Å². The molecular formula is C14H16BrNO. The SMILES string of the molecule is Cc1cc(C(N)c2cc(Br)ccc2C)c(C)o1. The maximum Gasteiger partial charge on any atom is 0.106 e. The molecule has 17 heavy (non-hydrogen) atoms. The Morgan fingerprint density at radius 3 is 2.41 bits per heavy atom. The summed E-state index contributed by atoms with van der Waals surface area (Å²) in [6.07, 6.45) is 0. The van der Waals surface area contributed by atoms with E-state index in [0.717, 1.165) is 27.1 Å². The minimum Gasteiger partial charge on any atom is -0.466 e. The molecule has 0 amide bonds. The van der Waals surface area contributed by atoms with Crippen LogP contribution in [0.1, 0.15) is 34.3 Å². The van der Waals surface area contributed by atoms with Gasteiger partial charge in [0.15, 0.2) is 0 Å². The predicted molar refractivity (Wildman–Crippen MR) is 73.1 cm³/mol. The van der Waals surface area contributed by atoms with Gasteiger partial charge in [-0.3, -0.25) is 0 Å². The zero-order valence-corrected chi connectivity index (χ0v) is 11.8. The number of hydrogen-bond acceptors (Lipinski definition) is 2. The highest BCUT2D eigenvalue weighted by atomic mass is 79.9. The zero-order chi connectivity index (χ0) is 12.6. The average molecular weight is 294 g/mol. The summed E-state index contributed by atoms with van der Waals surface area (Å²) >= 11 is 3.48. The van der Waals surface area contributed by atoms with E-state index in [1.807, 2.05) is 26.0 Å². The van der Waals surface area contributed by atoms with Crippen molar-refractivity contribution < 1.29 is 4.42 Å². The summed E-state index contributed by atoms with van der Waals surface area (Å²) in [5, 5.41) is 0. The van der Waals surface area contributed by atoms with Crippen molar-refractivity contribution in [2.75, 3.05) is 0 Å². The van der Waals surface area contributed by atoms with Crippen LogP contribution in [0, 0.1) is 20.8 Å². The molecule has 2 N–H and O–H groups in total. The minimum atomic E-state index is -0.134. The molecule has 0 aliphatic rings. The third kappa shape index (κ3) is 2.45. The van der Waals surface area contributed by atoms with Crippen molar-refractivity contribution in [2.45, 2.75) is 26.8 Å². The van der Waals surface area contributed by atoms with Crippen molar-refractivity contribution in [3.8, 4) is 0 Å². The van der Waals surface area contributed by atoms with Crippen LogP contribution in [0.3, 0.4) is 0 Å². The lowest BCUT2D eigenvalue weighted by atomic mass is 9.96. The lowest BCUT2D eigenvalue weighted by Gasteiger charge is -2.14. The predicted octanol–water partition coefficient (Wildman–Crippen LogP) is 4.02. The van der Waals surface area contributed by atoms with Crippen LogP contribution in [-0.2, 0) is 0 Å². The van der Waals surface area contributed by atoms with Gasteiger partial charge in [0.2, 0.25) is 0 Å². The summed E-state index contributed by atoms with van der Waals surface area (Å²) < 4.78 is 6.58. The molecule has 1 aromatic carbocycles. The summed E-state index contributed by atoms with van der Waals surface area (Å²) in [6.45, 7) is 5.97. The molecule has 0 bridgehead atoms. The van der Waals surface area contributed by atoms with Gasteiger partial charge in [-0.15, -0.1) is 0 Å². The number of halogens is 1. The Morgan fingerprint density at radius 2 is 1.82 bits per heavy atom. The Bertz CT molecular complexity index is 545. The molecule has 90 valence electrons. The van der Waals surface area contributed by atoms with Gasteiger partial charge in [-0.1, -0.05) is 22.0 Å². The molecule has 0 saturated heterocycles. The number of nitrogens with two attached hydrogens (primary N) is 1. The molecule has 0 aliphatic carbocycles. The van der Waals surface area contributed by atoms with Gasteiger partial charge in [0.1, 0.15) is 11.5 Å². The number of aryl methyl sites for hydroxylation is 3. The van der Waals surface area contributed by atoms with Crippen molar-refractivity contribution in [3.05, 3.63) is 56.9 Å². The second kappa shape index (κ2) is 4.67. The molecule has 1 aromatic heterocycles. The van der Waals surface area contributed by atoms with E-state index < -0.39 is 0 Å². The first-order valence-electron chi connectivity index (χ1n) is 5.57. The topological polar surface area (TPSA) is 39.2 Å². The third-order valence-electron chi connectivity index (χ3n) is 2.99. The molecule has 0 saturated carbocycles. The van der Waals surface area contributed by atoms with Crippen LogP contribution in [-0.4, -0.2) is 0 Å². The lowest BCUT2D eigenvalue weighted by Crippen LogP contribution is -2.13. The maximum absolute atomic E-state index is 6.32. The van der Waals surface area contributed by atoms with Crippen LogP contribution in [0.15, 0.2) is 33.2 Å². The fourth-order valence-electron chi connectivity index (χ4n) is 2.07. The largest absolute Gasteiger partial charge is 0.466 e. The van der Waals surface area contributed by atoms with Gasteiger partial charge in [0, 0.05) is 10.0 Å². The van der Waals surface area contributed by atoms with Gasteiger partial charge in [-0.25, -0.2) is 0 Å². The van der Waals surface area contributed by atoms with Gasteiger partial charge in [-0.2, -0.15) is 0 Å². The van der Waals surface area contributed by atoms with Crippen LogP contribution in [0.4, 0.5) is 0 Å². The Kier molecular flexibility index (Phi) is 3.40. The molecule has 0 aliphatic heterocycles. The average Bonchev–Trinajstić information content (AvgIpc) is 2.60. The number of furan rings is 1. The van der Waals surface area contributed by atoms with E-state index in [1.165, 1.54) is 5.56 Å². The second-order valence-electron chi connectivity index (χ2n) is 4.35. The van der Waals surface area contributed by atoms with E-state index in [9.17, 15) is 0 Å². The number of benzene rings is 1. The van der Waals surface area contributed by atoms with E-state index in [-0.39, 0.29) is 6.04 Å². The first kappa shape index (κ1) is 12.4. The first-order valence-corrected chi connectivity index (χ1v) is 6.37. The molecule has 1 unspecified atom stereocenters. The molecule has 2 aromatic rings. The highest BCUT2D eigenvalue weighted by molar-refractivity contribution is 9.10. The zero-order valence-electron chi connectivity index (χ0n) is 10.3. The molecular weight excluding hydrogens is 278 g/mol. The van der Waals surface area contributed by atoms with Crippen molar-refractivity contribution in [2.24, 2.45) is 5.73 Å². The maximum atomic E-state index is 6.32. The smallest absolute Gasteiger partial charge is 0.106 e. The Hall–Kier alpha value is -1.06.